The summed E-state index contributed by atoms with van der Waals surface area (Å²) >= 11 is 0. The topological polar surface area (TPSA) is 99.3 Å². The summed E-state index contributed by atoms with van der Waals surface area (Å²) in [6, 6.07) is 3.97. The Balaban J connectivity index is 0.00000144. The maximum atomic E-state index is 10.6. The fourth-order valence-corrected chi connectivity index (χ4v) is 1.66. The molecule has 0 amide bonds. The second-order valence-electron chi connectivity index (χ2n) is 3.69. The third kappa shape index (κ3) is 2.96. The fourth-order valence-electron chi connectivity index (χ4n) is 1.66. The zero-order valence-corrected chi connectivity index (χ0v) is 11.4. The van der Waals surface area contributed by atoms with Crippen LogP contribution in [-0.4, -0.2) is 27.2 Å². The molecule has 0 aliphatic carbocycles. The molecular formula is C11H12N2O3Zr. The van der Waals surface area contributed by atoms with Crippen LogP contribution in [0.1, 0.15) is 5.56 Å². The van der Waals surface area contributed by atoms with E-state index in [-0.39, 0.29) is 38.4 Å². The Kier molecular flexibility index (Phi) is 4.49. The number of rotatable bonds is 3. The third-order valence-electron chi connectivity index (χ3n) is 2.51. The molecule has 17 heavy (non-hydrogen) atoms. The van der Waals surface area contributed by atoms with Gasteiger partial charge in [-0.3, -0.25) is 4.79 Å². The third-order valence-corrected chi connectivity index (χ3v) is 2.51. The van der Waals surface area contributed by atoms with E-state index in [0.29, 0.717) is 0 Å². The molecule has 0 aliphatic rings. The van der Waals surface area contributed by atoms with Crippen molar-refractivity contribution in [3.8, 4) is 5.75 Å². The Morgan fingerprint density at radius 2 is 2.18 bits per heavy atom. The molecule has 0 saturated heterocycles. The molecule has 0 fully saturated rings. The first-order valence-corrected chi connectivity index (χ1v) is 4.85. The van der Waals surface area contributed by atoms with Crippen molar-refractivity contribution in [2.45, 2.75) is 12.5 Å². The summed E-state index contributed by atoms with van der Waals surface area (Å²) in [5.74, 6) is -0.883. The molecule has 0 bridgehead atoms. The molecule has 0 saturated carbocycles. The number of carbonyl (C=O) groups is 1. The van der Waals surface area contributed by atoms with Crippen LogP contribution in [0.25, 0.3) is 10.9 Å². The summed E-state index contributed by atoms with van der Waals surface area (Å²) in [6.07, 6.45) is 1.95. The van der Waals surface area contributed by atoms with Gasteiger partial charge in [0.2, 0.25) is 0 Å². The fraction of sp³-hybridized carbons (Fsp3) is 0.182. The van der Waals surface area contributed by atoms with Crippen LogP contribution in [0.3, 0.4) is 0 Å². The van der Waals surface area contributed by atoms with Crippen molar-refractivity contribution in [3.63, 3.8) is 0 Å². The summed E-state index contributed by atoms with van der Waals surface area (Å²) in [5.41, 5.74) is 7.11. The van der Waals surface area contributed by atoms with Crippen molar-refractivity contribution in [2.24, 2.45) is 5.73 Å². The number of benzene rings is 1. The van der Waals surface area contributed by atoms with Crippen molar-refractivity contribution >= 4 is 16.9 Å². The maximum Gasteiger partial charge on any atom is 0.320 e. The van der Waals surface area contributed by atoms with Crippen LogP contribution in [0.4, 0.5) is 0 Å². The molecule has 1 aromatic heterocycles. The largest absolute Gasteiger partial charge is 0.508 e. The number of H-pyrrole nitrogens is 1. The summed E-state index contributed by atoms with van der Waals surface area (Å²) in [4.78, 5) is 13.6. The minimum absolute atomic E-state index is 0. The standard InChI is InChI=1S/C11H12N2O3.Zr/c12-9(11(15)16)3-6-5-13-10-2-1-7(14)4-8(6)10;/h1-2,4-5,9,13-14H,3,12H2,(H,15,16);/t9-;/m0./s1. The first-order valence-electron chi connectivity index (χ1n) is 4.85. The molecule has 0 radical (unpaired) electrons. The number of carboxylic acids is 1. The van der Waals surface area contributed by atoms with Gasteiger partial charge in [-0.25, -0.2) is 0 Å². The van der Waals surface area contributed by atoms with E-state index in [1.54, 1.807) is 24.4 Å². The molecular weight excluding hydrogens is 299 g/mol. The normalized spacial score (nSPS) is 12.1. The van der Waals surface area contributed by atoms with Gasteiger partial charge in [0.1, 0.15) is 11.8 Å². The van der Waals surface area contributed by atoms with Gasteiger partial charge in [0.25, 0.3) is 0 Å². The number of aromatic hydroxyl groups is 1. The molecule has 6 heteroatoms. The van der Waals surface area contributed by atoms with Gasteiger partial charge in [-0.1, -0.05) is 0 Å². The van der Waals surface area contributed by atoms with Gasteiger partial charge in [0.05, 0.1) is 0 Å². The van der Waals surface area contributed by atoms with Crippen molar-refractivity contribution in [1.29, 1.82) is 0 Å². The second kappa shape index (κ2) is 5.47. The minimum Gasteiger partial charge on any atom is -0.508 e. The molecule has 88 valence electrons. The number of aromatic amines is 1. The van der Waals surface area contributed by atoms with E-state index in [1.807, 2.05) is 0 Å². The van der Waals surface area contributed by atoms with Crippen LogP contribution in [0.5, 0.6) is 5.75 Å². The van der Waals surface area contributed by atoms with Crippen LogP contribution in [-0.2, 0) is 37.4 Å². The summed E-state index contributed by atoms with van der Waals surface area (Å²) in [7, 11) is 0. The Bertz CT molecular complexity index is 538. The zero-order chi connectivity index (χ0) is 11.7. The van der Waals surface area contributed by atoms with E-state index in [9.17, 15) is 9.90 Å². The number of phenols is 1. The molecule has 5 N–H and O–H groups in total. The molecule has 1 heterocycles. The predicted octanol–water partition coefficient (Wildman–Crippen LogP) is 0.825. The number of phenolic OH excluding ortho intramolecular Hbond substituents is 1. The maximum absolute atomic E-state index is 10.6. The molecule has 0 aliphatic heterocycles. The van der Waals surface area contributed by atoms with Crippen LogP contribution in [0, 0.1) is 0 Å². The van der Waals surface area contributed by atoms with E-state index in [1.165, 1.54) is 0 Å². The van der Waals surface area contributed by atoms with E-state index in [2.05, 4.69) is 4.98 Å². The number of aliphatic carboxylic acids is 1. The van der Waals surface area contributed by atoms with Crippen molar-refractivity contribution in [2.75, 3.05) is 0 Å². The SMILES string of the molecule is N[C@@H](Cc1c[nH]c2ccc(O)cc12)C(=O)O.[Zr]. The van der Waals surface area contributed by atoms with Gasteiger partial charge in [0, 0.05) is 49.7 Å². The molecule has 0 unspecified atom stereocenters. The number of fused-ring (bicyclic) bond motifs is 1. The quantitative estimate of drug-likeness (QED) is 0.674. The molecule has 5 nitrogen and oxygen atoms in total. The predicted molar refractivity (Wildman–Crippen MR) is 59.3 cm³/mol. The number of hydrogen-bond acceptors (Lipinski definition) is 3. The second-order valence-corrected chi connectivity index (χ2v) is 3.69. The van der Waals surface area contributed by atoms with E-state index in [4.69, 9.17) is 10.8 Å². The van der Waals surface area contributed by atoms with Crippen LogP contribution in [0.2, 0.25) is 0 Å². The summed E-state index contributed by atoms with van der Waals surface area (Å²) in [6.45, 7) is 0. The Morgan fingerprint density at radius 3 is 2.82 bits per heavy atom. The molecule has 2 aromatic rings. The number of hydrogen-bond donors (Lipinski definition) is 4. The van der Waals surface area contributed by atoms with Gasteiger partial charge < -0.3 is 20.9 Å². The molecule has 1 atom stereocenters. The Labute approximate surface area is 117 Å². The van der Waals surface area contributed by atoms with Crippen molar-refractivity contribution < 1.29 is 41.2 Å². The van der Waals surface area contributed by atoms with Crippen LogP contribution >= 0.6 is 0 Å². The van der Waals surface area contributed by atoms with Crippen molar-refractivity contribution in [1.82, 2.24) is 4.98 Å². The van der Waals surface area contributed by atoms with Crippen LogP contribution < -0.4 is 5.73 Å². The van der Waals surface area contributed by atoms with E-state index in [0.717, 1.165) is 16.5 Å². The van der Waals surface area contributed by atoms with Gasteiger partial charge >= 0.3 is 5.97 Å². The van der Waals surface area contributed by atoms with E-state index < -0.39 is 12.0 Å². The van der Waals surface area contributed by atoms with Gasteiger partial charge in [-0.2, -0.15) is 0 Å². The zero-order valence-electron chi connectivity index (χ0n) is 8.97. The summed E-state index contributed by atoms with van der Waals surface area (Å²) < 4.78 is 0. The van der Waals surface area contributed by atoms with Gasteiger partial charge in [-0.15, -0.1) is 0 Å². The Morgan fingerprint density at radius 1 is 1.47 bits per heavy atom. The minimum atomic E-state index is -1.03. The van der Waals surface area contributed by atoms with Gasteiger partial charge in [0.15, 0.2) is 0 Å². The monoisotopic (exact) mass is 310 g/mol. The van der Waals surface area contributed by atoms with Crippen LogP contribution in [0.15, 0.2) is 24.4 Å². The van der Waals surface area contributed by atoms with Gasteiger partial charge in [-0.05, 0) is 23.8 Å². The first kappa shape index (κ1) is 13.9. The smallest absolute Gasteiger partial charge is 0.320 e. The Hall–Kier alpha value is -1.13. The average molecular weight is 311 g/mol. The number of nitrogens with one attached hydrogen (secondary N) is 1. The first-order chi connectivity index (χ1) is 7.58. The average Bonchev–Trinajstić information content (AvgIpc) is 2.61. The number of aromatic nitrogens is 1. The molecule has 2 rings (SSSR count). The van der Waals surface area contributed by atoms with Crippen molar-refractivity contribution in [3.05, 3.63) is 30.0 Å². The molecule has 0 spiro atoms. The van der Waals surface area contributed by atoms with E-state index >= 15 is 0 Å². The molecule has 1 aromatic carbocycles. The number of carboxylic acid groups (broad SMARTS) is 1. The number of nitrogens with two attached hydrogens (primary N) is 1. The summed E-state index contributed by atoms with van der Waals surface area (Å²) in [5, 5.41) is 18.9.